The first-order chi connectivity index (χ1) is 11.8. The number of carboxylic acids is 2. The highest BCUT2D eigenvalue weighted by Gasteiger charge is 2.51. The molecule has 4 atom stereocenters. The minimum atomic E-state index is -1.26. The predicted molar refractivity (Wildman–Crippen MR) is 90.1 cm³/mol. The van der Waals surface area contributed by atoms with E-state index in [-0.39, 0.29) is 6.04 Å². The summed E-state index contributed by atoms with van der Waals surface area (Å²) in [6.45, 7) is 3.34. The van der Waals surface area contributed by atoms with E-state index in [1.165, 1.54) is 0 Å². The third-order valence-corrected chi connectivity index (χ3v) is 4.26. The number of nitrogens with zero attached hydrogens (tertiary/aromatic N) is 1. The van der Waals surface area contributed by atoms with E-state index in [0.717, 1.165) is 25.0 Å². The summed E-state index contributed by atoms with van der Waals surface area (Å²) in [7, 11) is 0. The summed E-state index contributed by atoms with van der Waals surface area (Å²) in [5.41, 5.74) is 5.41. The van der Waals surface area contributed by atoms with Gasteiger partial charge in [-0.2, -0.15) is 0 Å². The maximum Gasteiger partial charge on any atom is 0.328 e. The van der Waals surface area contributed by atoms with Gasteiger partial charge < -0.3 is 25.4 Å². The molecule has 0 bridgehead atoms. The molecular formula is C17H24N2O6. The molecule has 8 nitrogen and oxygen atoms in total. The SMILES string of the molecule is CC(N)CC1C=C2OCCO[C@]23N=CCC3C1.O=C(O)/C=C/C(=O)O. The second kappa shape index (κ2) is 8.26. The molecule has 3 unspecified atom stereocenters. The van der Waals surface area contributed by atoms with Gasteiger partial charge in [0.25, 0.3) is 0 Å². The van der Waals surface area contributed by atoms with Gasteiger partial charge in [-0.05, 0) is 38.2 Å². The Labute approximate surface area is 146 Å². The molecule has 4 N–H and O–H groups in total. The average Bonchev–Trinajstić information content (AvgIpc) is 2.93. The van der Waals surface area contributed by atoms with Crippen molar-refractivity contribution < 1.29 is 29.3 Å². The van der Waals surface area contributed by atoms with Crippen LogP contribution in [0.1, 0.15) is 26.2 Å². The first-order valence-corrected chi connectivity index (χ1v) is 8.25. The zero-order valence-corrected chi connectivity index (χ0v) is 14.1. The van der Waals surface area contributed by atoms with Crippen molar-refractivity contribution in [1.29, 1.82) is 0 Å². The first-order valence-electron chi connectivity index (χ1n) is 8.25. The Hall–Kier alpha value is -2.19. The van der Waals surface area contributed by atoms with Gasteiger partial charge in [-0.1, -0.05) is 0 Å². The zero-order chi connectivity index (χ0) is 18.4. The van der Waals surface area contributed by atoms with Gasteiger partial charge in [0, 0.05) is 30.3 Å². The molecule has 1 spiro atoms. The van der Waals surface area contributed by atoms with Crippen LogP contribution in [-0.4, -0.2) is 53.3 Å². The lowest BCUT2D eigenvalue weighted by molar-refractivity contribution is -0.140. The summed E-state index contributed by atoms with van der Waals surface area (Å²) in [6.07, 6.45) is 8.41. The molecule has 138 valence electrons. The average molecular weight is 352 g/mol. The summed E-state index contributed by atoms with van der Waals surface area (Å²) in [6, 6.07) is 0.233. The summed E-state index contributed by atoms with van der Waals surface area (Å²) in [5.74, 6) is -0.641. The van der Waals surface area contributed by atoms with Gasteiger partial charge in [0.1, 0.15) is 12.4 Å². The Bertz CT molecular complexity index is 582. The molecule has 0 saturated carbocycles. The third kappa shape index (κ3) is 4.90. The zero-order valence-electron chi connectivity index (χ0n) is 14.1. The number of carboxylic acid groups (broad SMARTS) is 2. The predicted octanol–water partition coefficient (Wildman–Crippen LogP) is 1.17. The topological polar surface area (TPSA) is 131 Å². The minimum absolute atomic E-state index is 0.233. The van der Waals surface area contributed by atoms with Crippen LogP contribution < -0.4 is 5.73 Å². The summed E-state index contributed by atoms with van der Waals surface area (Å²) in [5, 5.41) is 15.6. The van der Waals surface area contributed by atoms with Gasteiger partial charge in [-0.3, -0.25) is 4.99 Å². The highest BCUT2D eigenvalue weighted by Crippen LogP contribution is 2.47. The standard InChI is InChI=1S/C13H20N2O2.C4H4O4/c1-9(14)6-10-7-11-2-3-15-13(11)12(8-10)16-4-5-17-13;5-3(6)1-2-4(7)8/h3,8-11H,2,4-7,14H2,1H3;1-2H,(H,5,6)(H,7,8)/b;2-1+/t9?,10?,11?,13-;/m0./s1. The van der Waals surface area contributed by atoms with Crippen molar-refractivity contribution in [3.8, 4) is 0 Å². The van der Waals surface area contributed by atoms with E-state index < -0.39 is 17.7 Å². The van der Waals surface area contributed by atoms with Gasteiger partial charge in [0.05, 0.1) is 6.61 Å². The van der Waals surface area contributed by atoms with Crippen LogP contribution in [0.2, 0.25) is 0 Å². The van der Waals surface area contributed by atoms with Crippen molar-refractivity contribution >= 4 is 18.2 Å². The normalized spacial score (nSPS) is 31.0. The van der Waals surface area contributed by atoms with Gasteiger partial charge >= 0.3 is 11.9 Å². The molecule has 2 heterocycles. The minimum Gasteiger partial charge on any atom is -0.491 e. The number of carbonyl (C=O) groups is 2. The van der Waals surface area contributed by atoms with Crippen molar-refractivity contribution in [2.75, 3.05) is 13.2 Å². The fourth-order valence-corrected chi connectivity index (χ4v) is 3.38. The monoisotopic (exact) mass is 352 g/mol. The number of rotatable bonds is 4. The molecule has 2 aliphatic heterocycles. The smallest absolute Gasteiger partial charge is 0.328 e. The van der Waals surface area contributed by atoms with E-state index in [2.05, 4.69) is 18.0 Å². The van der Waals surface area contributed by atoms with Crippen LogP contribution in [0.3, 0.4) is 0 Å². The fraction of sp³-hybridized carbons (Fsp3) is 0.588. The number of ether oxygens (including phenoxy) is 2. The number of hydrogen-bond donors (Lipinski definition) is 3. The van der Waals surface area contributed by atoms with Gasteiger partial charge in [0.2, 0.25) is 5.72 Å². The fourth-order valence-electron chi connectivity index (χ4n) is 3.38. The highest BCUT2D eigenvalue weighted by molar-refractivity contribution is 5.89. The summed E-state index contributed by atoms with van der Waals surface area (Å²) >= 11 is 0. The Morgan fingerprint density at radius 2 is 2.08 bits per heavy atom. The largest absolute Gasteiger partial charge is 0.491 e. The molecule has 0 aromatic rings. The second-order valence-electron chi connectivity index (χ2n) is 6.39. The van der Waals surface area contributed by atoms with Crippen molar-refractivity contribution in [2.45, 2.75) is 38.0 Å². The van der Waals surface area contributed by atoms with E-state index in [4.69, 9.17) is 25.4 Å². The molecule has 0 amide bonds. The Morgan fingerprint density at radius 3 is 2.68 bits per heavy atom. The molecule has 0 aromatic heterocycles. The Morgan fingerprint density at radius 1 is 1.40 bits per heavy atom. The van der Waals surface area contributed by atoms with Gasteiger partial charge in [-0.15, -0.1) is 0 Å². The molecule has 8 heteroatoms. The Balaban J connectivity index is 0.000000242. The van der Waals surface area contributed by atoms with Crippen molar-refractivity contribution in [1.82, 2.24) is 0 Å². The van der Waals surface area contributed by atoms with Crippen LogP contribution in [-0.2, 0) is 19.1 Å². The van der Waals surface area contributed by atoms with Crippen LogP contribution in [0, 0.1) is 11.8 Å². The number of hydrogen-bond acceptors (Lipinski definition) is 6. The van der Waals surface area contributed by atoms with E-state index in [9.17, 15) is 9.59 Å². The van der Waals surface area contributed by atoms with E-state index >= 15 is 0 Å². The molecule has 1 saturated heterocycles. The lowest BCUT2D eigenvalue weighted by Crippen LogP contribution is -2.47. The summed E-state index contributed by atoms with van der Waals surface area (Å²) in [4.78, 5) is 23.7. The van der Waals surface area contributed by atoms with Gasteiger partial charge in [-0.25, -0.2) is 9.59 Å². The van der Waals surface area contributed by atoms with Crippen molar-refractivity contribution in [3.63, 3.8) is 0 Å². The van der Waals surface area contributed by atoms with E-state index in [1.807, 2.05) is 6.21 Å². The van der Waals surface area contributed by atoms with E-state index in [0.29, 0.717) is 37.2 Å². The second-order valence-corrected chi connectivity index (χ2v) is 6.39. The quantitative estimate of drug-likeness (QED) is 0.647. The molecular weight excluding hydrogens is 328 g/mol. The molecule has 0 aromatic carbocycles. The molecule has 0 radical (unpaired) electrons. The van der Waals surface area contributed by atoms with Crippen LogP contribution >= 0.6 is 0 Å². The van der Waals surface area contributed by atoms with Crippen molar-refractivity contribution in [2.24, 2.45) is 22.6 Å². The van der Waals surface area contributed by atoms with E-state index in [1.54, 1.807) is 0 Å². The molecule has 3 rings (SSSR count). The number of aliphatic carboxylic acids is 2. The van der Waals surface area contributed by atoms with Gasteiger partial charge in [0.15, 0.2) is 0 Å². The Kier molecular flexibility index (Phi) is 6.33. The summed E-state index contributed by atoms with van der Waals surface area (Å²) < 4.78 is 11.7. The lowest BCUT2D eigenvalue weighted by Gasteiger charge is -2.43. The number of nitrogens with two attached hydrogens (primary N) is 1. The van der Waals surface area contributed by atoms with Crippen molar-refractivity contribution in [3.05, 3.63) is 24.0 Å². The van der Waals surface area contributed by atoms with Crippen LogP contribution in [0.25, 0.3) is 0 Å². The highest BCUT2D eigenvalue weighted by atomic mass is 16.6. The maximum absolute atomic E-state index is 9.55. The molecule has 1 aliphatic carbocycles. The number of allylic oxidation sites excluding steroid dienone is 1. The third-order valence-electron chi connectivity index (χ3n) is 4.26. The molecule has 1 fully saturated rings. The van der Waals surface area contributed by atoms with Crippen LogP contribution in [0.15, 0.2) is 29.0 Å². The van der Waals surface area contributed by atoms with Crippen LogP contribution in [0.5, 0.6) is 0 Å². The maximum atomic E-state index is 9.55. The first kappa shape index (κ1) is 19.1. The lowest BCUT2D eigenvalue weighted by atomic mass is 9.77. The molecule has 3 aliphatic rings. The molecule has 25 heavy (non-hydrogen) atoms. The number of aliphatic imine (C=N–C) groups is 1. The van der Waals surface area contributed by atoms with Crippen LogP contribution in [0.4, 0.5) is 0 Å².